The fourth-order valence-corrected chi connectivity index (χ4v) is 2.99. The molecular formula is C16H24O3. The van der Waals surface area contributed by atoms with Crippen LogP contribution >= 0.6 is 0 Å². The first-order valence-corrected chi connectivity index (χ1v) is 7.10. The molecule has 2 rings (SSSR count). The molecule has 0 unspecified atom stereocenters. The van der Waals surface area contributed by atoms with Crippen LogP contribution in [0.25, 0.3) is 0 Å². The molecule has 1 atom stereocenters. The van der Waals surface area contributed by atoms with Crippen LogP contribution in [-0.2, 0) is 14.3 Å². The fraction of sp³-hybridized carbons (Fsp3) is 0.688. The van der Waals surface area contributed by atoms with Gasteiger partial charge in [-0.15, -0.1) is 0 Å². The zero-order valence-electron chi connectivity index (χ0n) is 12.8. The van der Waals surface area contributed by atoms with Crippen molar-refractivity contribution < 1.29 is 14.3 Å². The topological polar surface area (TPSA) is 35.5 Å². The molecule has 0 heterocycles. The lowest BCUT2D eigenvalue weighted by molar-refractivity contribution is -0.125. The van der Waals surface area contributed by atoms with Gasteiger partial charge in [0, 0.05) is 5.57 Å². The summed E-state index contributed by atoms with van der Waals surface area (Å²) in [6.45, 7) is 11.9. The molecule has 0 saturated carbocycles. The number of hydrogen-bond acceptors (Lipinski definition) is 3. The normalized spacial score (nSPS) is 26.8. The van der Waals surface area contributed by atoms with E-state index in [1.807, 2.05) is 34.6 Å². The molecule has 2 aliphatic rings. The smallest absolute Gasteiger partial charge is 0.211 e. The summed E-state index contributed by atoms with van der Waals surface area (Å²) in [7, 11) is 0. The van der Waals surface area contributed by atoms with E-state index in [9.17, 15) is 4.79 Å². The van der Waals surface area contributed by atoms with Crippen molar-refractivity contribution in [2.45, 2.75) is 66.6 Å². The third-order valence-electron chi connectivity index (χ3n) is 3.83. The van der Waals surface area contributed by atoms with Gasteiger partial charge < -0.3 is 9.47 Å². The van der Waals surface area contributed by atoms with Gasteiger partial charge in [0.25, 0.3) is 0 Å². The van der Waals surface area contributed by atoms with Gasteiger partial charge in [0.2, 0.25) is 11.5 Å². The Kier molecular flexibility index (Phi) is 3.50. The number of carbonyl (C=O) groups excluding carboxylic acids is 1. The molecule has 2 aliphatic carbocycles. The third kappa shape index (κ3) is 2.19. The van der Waals surface area contributed by atoms with Gasteiger partial charge in [0.05, 0.1) is 17.6 Å². The summed E-state index contributed by atoms with van der Waals surface area (Å²) in [5.41, 5.74) is 1.90. The second kappa shape index (κ2) is 4.69. The van der Waals surface area contributed by atoms with Crippen LogP contribution in [0.5, 0.6) is 0 Å². The minimum atomic E-state index is -0.432. The minimum Gasteiger partial charge on any atom is -0.487 e. The number of hydrogen-bond donors (Lipinski definition) is 0. The number of allylic oxidation sites excluding steroid dienone is 3. The van der Waals surface area contributed by atoms with Crippen LogP contribution < -0.4 is 0 Å². The Balaban J connectivity index is 2.51. The van der Waals surface area contributed by atoms with E-state index in [1.165, 1.54) is 5.57 Å². The fourth-order valence-electron chi connectivity index (χ4n) is 2.99. The van der Waals surface area contributed by atoms with E-state index in [4.69, 9.17) is 9.47 Å². The molecule has 0 aromatic carbocycles. The summed E-state index contributed by atoms with van der Waals surface area (Å²) in [6.07, 6.45) is 1.85. The molecule has 106 valence electrons. The van der Waals surface area contributed by atoms with Gasteiger partial charge in [-0.3, -0.25) is 4.79 Å². The first-order chi connectivity index (χ1) is 8.77. The van der Waals surface area contributed by atoms with E-state index in [0.717, 1.165) is 18.4 Å². The van der Waals surface area contributed by atoms with Crippen LogP contribution in [0.1, 0.15) is 54.4 Å². The molecule has 0 spiro atoms. The summed E-state index contributed by atoms with van der Waals surface area (Å²) in [4.78, 5) is 12.7. The van der Waals surface area contributed by atoms with E-state index >= 15 is 0 Å². The van der Waals surface area contributed by atoms with Crippen molar-refractivity contribution in [2.24, 2.45) is 5.41 Å². The zero-order chi connectivity index (χ0) is 14.4. The number of rotatable bonds is 4. The molecule has 3 heteroatoms. The lowest BCUT2D eigenvalue weighted by Gasteiger charge is -2.20. The van der Waals surface area contributed by atoms with Crippen molar-refractivity contribution in [3.63, 3.8) is 0 Å². The number of ketones is 1. The lowest BCUT2D eigenvalue weighted by atomic mass is 9.83. The number of ether oxygens (including phenoxy) is 2. The number of fused-ring (bicyclic) bond motifs is 1. The Morgan fingerprint density at radius 3 is 2.11 bits per heavy atom. The highest BCUT2D eigenvalue weighted by molar-refractivity contribution is 6.06. The second-order valence-electron chi connectivity index (χ2n) is 6.31. The predicted octanol–water partition coefficient (Wildman–Crippen LogP) is 3.75. The van der Waals surface area contributed by atoms with Crippen molar-refractivity contribution in [2.75, 3.05) is 0 Å². The lowest BCUT2D eigenvalue weighted by Crippen LogP contribution is -2.24. The quantitative estimate of drug-likeness (QED) is 0.775. The molecule has 19 heavy (non-hydrogen) atoms. The Labute approximate surface area is 115 Å². The van der Waals surface area contributed by atoms with Crippen LogP contribution in [0.3, 0.4) is 0 Å². The Bertz CT molecular complexity index is 468. The van der Waals surface area contributed by atoms with Gasteiger partial charge in [0.1, 0.15) is 0 Å². The maximum absolute atomic E-state index is 12.7. The van der Waals surface area contributed by atoms with E-state index in [1.54, 1.807) is 0 Å². The van der Waals surface area contributed by atoms with Crippen molar-refractivity contribution in [3.8, 4) is 0 Å². The summed E-state index contributed by atoms with van der Waals surface area (Å²) in [6, 6.07) is 0. The zero-order valence-corrected chi connectivity index (χ0v) is 12.8. The molecule has 0 bridgehead atoms. The summed E-state index contributed by atoms with van der Waals surface area (Å²) >= 11 is 0. The van der Waals surface area contributed by atoms with Crippen molar-refractivity contribution in [3.05, 3.63) is 22.7 Å². The molecule has 0 saturated heterocycles. The third-order valence-corrected chi connectivity index (χ3v) is 3.83. The van der Waals surface area contributed by atoms with Crippen molar-refractivity contribution >= 4 is 5.78 Å². The number of Topliss-reactive ketones (excluding diaryl/α,β-unsaturated/α-hetero) is 1. The Hall–Kier alpha value is -1.25. The van der Waals surface area contributed by atoms with Gasteiger partial charge >= 0.3 is 0 Å². The number of carbonyl (C=O) groups is 1. The largest absolute Gasteiger partial charge is 0.487 e. The summed E-state index contributed by atoms with van der Waals surface area (Å²) < 4.78 is 11.7. The first-order valence-electron chi connectivity index (χ1n) is 7.10. The molecule has 3 nitrogen and oxygen atoms in total. The second-order valence-corrected chi connectivity index (χ2v) is 6.31. The van der Waals surface area contributed by atoms with Crippen molar-refractivity contribution in [1.82, 2.24) is 0 Å². The Morgan fingerprint density at radius 1 is 1.05 bits per heavy atom. The highest BCUT2D eigenvalue weighted by Crippen LogP contribution is 2.54. The van der Waals surface area contributed by atoms with E-state index in [2.05, 4.69) is 6.92 Å². The predicted molar refractivity (Wildman–Crippen MR) is 74.5 cm³/mol. The Morgan fingerprint density at radius 2 is 1.58 bits per heavy atom. The molecule has 0 aromatic heterocycles. The highest BCUT2D eigenvalue weighted by atomic mass is 16.5. The van der Waals surface area contributed by atoms with Crippen LogP contribution in [0.2, 0.25) is 0 Å². The standard InChI is InChI=1S/C16H24O3/c1-9(2)18-13-12-11(5)7-8-16(12,6)15(17)14(13)19-10(3)4/h9-10H,7-8H2,1-6H3/t16-/m1/s1. The molecule has 0 fully saturated rings. The van der Waals surface area contributed by atoms with E-state index in [-0.39, 0.29) is 18.0 Å². The maximum atomic E-state index is 12.7. The van der Waals surface area contributed by atoms with Gasteiger partial charge in [-0.25, -0.2) is 0 Å². The molecule has 0 aromatic rings. The minimum absolute atomic E-state index is 0.0203. The molecular weight excluding hydrogens is 240 g/mol. The van der Waals surface area contributed by atoms with E-state index in [0.29, 0.717) is 11.5 Å². The summed E-state index contributed by atoms with van der Waals surface area (Å²) in [5.74, 6) is 1.20. The van der Waals surface area contributed by atoms with Gasteiger partial charge in [-0.05, 0) is 54.4 Å². The van der Waals surface area contributed by atoms with Gasteiger partial charge in [-0.2, -0.15) is 0 Å². The molecule has 0 N–H and O–H groups in total. The maximum Gasteiger partial charge on any atom is 0.211 e. The van der Waals surface area contributed by atoms with Crippen LogP contribution in [0, 0.1) is 5.41 Å². The van der Waals surface area contributed by atoms with Gasteiger partial charge in [0.15, 0.2) is 5.76 Å². The van der Waals surface area contributed by atoms with Crippen molar-refractivity contribution in [1.29, 1.82) is 0 Å². The summed E-state index contributed by atoms with van der Waals surface area (Å²) in [5, 5.41) is 0. The van der Waals surface area contributed by atoms with Crippen LogP contribution in [-0.4, -0.2) is 18.0 Å². The SMILES string of the molecule is CC1=C2C(OC(C)C)=C(OC(C)C)C(=O)[C@]2(C)CC1. The molecule has 0 aliphatic heterocycles. The monoisotopic (exact) mass is 264 g/mol. The molecule has 0 radical (unpaired) electrons. The first kappa shape index (κ1) is 14.2. The van der Waals surface area contributed by atoms with Gasteiger partial charge in [-0.1, -0.05) is 5.57 Å². The van der Waals surface area contributed by atoms with E-state index < -0.39 is 5.41 Å². The average Bonchev–Trinajstić information content (AvgIpc) is 2.68. The highest BCUT2D eigenvalue weighted by Gasteiger charge is 2.53. The van der Waals surface area contributed by atoms with Crippen LogP contribution in [0.15, 0.2) is 22.7 Å². The molecule has 0 amide bonds. The van der Waals surface area contributed by atoms with Crippen LogP contribution in [0.4, 0.5) is 0 Å². The average molecular weight is 264 g/mol.